The molecule has 1 unspecified atom stereocenters. The van der Waals surface area contributed by atoms with Gasteiger partial charge in [0.25, 0.3) is 0 Å². The number of esters is 2. The number of rotatable bonds is 0. The maximum Gasteiger partial charge on any atom is 0.346 e. The summed E-state index contributed by atoms with van der Waals surface area (Å²) in [6.07, 6.45) is 1.55. The maximum atomic E-state index is 12.6. The molecule has 1 N–H and O–H groups in total. The molecule has 2 saturated carbocycles. The van der Waals surface area contributed by atoms with Gasteiger partial charge in [0.2, 0.25) is 5.60 Å². The van der Waals surface area contributed by atoms with Gasteiger partial charge < -0.3 is 14.6 Å². The van der Waals surface area contributed by atoms with E-state index < -0.39 is 33.8 Å². The summed E-state index contributed by atoms with van der Waals surface area (Å²) in [5, 5.41) is 10.9. The van der Waals surface area contributed by atoms with E-state index in [1.807, 2.05) is 6.92 Å². The van der Waals surface area contributed by atoms with E-state index in [1.54, 1.807) is 6.92 Å². The molecule has 4 fully saturated rings. The average molecular weight is 294 g/mol. The summed E-state index contributed by atoms with van der Waals surface area (Å²) in [5.41, 5.74) is -4.99. The van der Waals surface area contributed by atoms with Gasteiger partial charge in [-0.2, -0.15) is 0 Å². The summed E-state index contributed by atoms with van der Waals surface area (Å²) >= 11 is 0. The molecule has 2 aliphatic heterocycles. The Morgan fingerprint density at radius 3 is 2.67 bits per heavy atom. The second kappa shape index (κ2) is 3.32. The molecule has 0 aromatic rings. The van der Waals surface area contributed by atoms with Gasteiger partial charge in [0, 0.05) is 11.8 Å². The third-order valence-electron chi connectivity index (χ3n) is 6.78. The van der Waals surface area contributed by atoms with E-state index in [9.17, 15) is 19.5 Å². The molecule has 4 rings (SSSR count). The van der Waals surface area contributed by atoms with Crippen molar-refractivity contribution in [1.82, 2.24) is 0 Å². The Kier molecular flexibility index (Phi) is 2.09. The molecular formula is C15H18O6. The molecule has 0 aromatic heterocycles. The average Bonchev–Trinajstić information content (AvgIpc) is 2.95. The molecular weight excluding hydrogens is 276 g/mol. The van der Waals surface area contributed by atoms with Gasteiger partial charge in [0.15, 0.2) is 5.78 Å². The molecule has 21 heavy (non-hydrogen) atoms. The van der Waals surface area contributed by atoms with Gasteiger partial charge in [0.05, 0.1) is 11.8 Å². The minimum atomic E-state index is -2.19. The van der Waals surface area contributed by atoms with Crippen molar-refractivity contribution in [3.8, 4) is 0 Å². The highest BCUT2D eigenvalue weighted by Gasteiger charge is 2.85. The molecule has 5 atom stereocenters. The minimum Gasteiger partial charge on any atom is -0.462 e. The van der Waals surface area contributed by atoms with E-state index in [2.05, 4.69) is 0 Å². The Hall–Kier alpha value is -1.43. The predicted molar refractivity (Wildman–Crippen MR) is 67.9 cm³/mol. The number of carbonyl (C=O) groups excluding carboxylic acids is 3. The Labute approximate surface area is 121 Å². The van der Waals surface area contributed by atoms with Gasteiger partial charge in [-0.15, -0.1) is 0 Å². The van der Waals surface area contributed by atoms with E-state index in [-0.39, 0.29) is 31.3 Å². The van der Waals surface area contributed by atoms with Gasteiger partial charge in [0.1, 0.15) is 12.2 Å². The van der Waals surface area contributed by atoms with Crippen molar-refractivity contribution in [2.45, 2.75) is 50.7 Å². The number of Topliss-reactive ketones (excluding diaryl/α,β-unsaturated/α-hetero) is 1. The Morgan fingerprint density at radius 1 is 1.24 bits per heavy atom. The first-order valence-electron chi connectivity index (χ1n) is 7.38. The lowest BCUT2D eigenvalue weighted by molar-refractivity contribution is -0.224. The van der Waals surface area contributed by atoms with Crippen LogP contribution in [-0.4, -0.2) is 40.6 Å². The van der Waals surface area contributed by atoms with Crippen molar-refractivity contribution in [1.29, 1.82) is 0 Å². The molecule has 0 radical (unpaired) electrons. The molecule has 2 saturated heterocycles. The lowest BCUT2D eigenvalue weighted by Crippen LogP contribution is -2.72. The van der Waals surface area contributed by atoms with Gasteiger partial charge in [-0.05, 0) is 25.7 Å². The number of ether oxygens (including phenoxy) is 2. The summed E-state index contributed by atoms with van der Waals surface area (Å²) < 4.78 is 10.8. The lowest BCUT2D eigenvalue weighted by atomic mass is 9.47. The predicted octanol–water partition coefficient (Wildman–Crippen LogP) is 0.355. The van der Waals surface area contributed by atoms with Crippen LogP contribution in [-0.2, 0) is 23.9 Å². The second-order valence-electron chi connectivity index (χ2n) is 7.29. The number of hydrogen-bond donors (Lipinski definition) is 1. The molecule has 0 bridgehead atoms. The normalized spacial score (nSPS) is 54.8. The number of fused-ring (bicyclic) bond motifs is 1. The van der Waals surface area contributed by atoms with Crippen molar-refractivity contribution in [2.75, 3.05) is 6.61 Å². The van der Waals surface area contributed by atoms with Crippen molar-refractivity contribution < 1.29 is 29.0 Å². The van der Waals surface area contributed by atoms with Crippen LogP contribution >= 0.6 is 0 Å². The Bertz CT molecular complexity index is 599. The van der Waals surface area contributed by atoms with Crippen LogP contribution in [0, 0.1) is 16.7 Å². The Morgan fingerprint density at radius 2 is 1.95 bits per heavy atom. The molecule has 0 spiro atoms. The zero-order chi connectivity index (χ0) is 15.3. The zero-order valence-electron chi connectivity index (χ0n) is 12.1. The Balaban J connectivity index is 2.01. The zero-order valence-corrected chi connectivity index (χ0v) is 12.1. The monoisotopic (exact) mass is 294 g/mol. The summed E-state index contributed by atoms with van der Waals surface area (Å²) in [4.78, 5) is 36.7. The molecule has 6 nitrogen and oxygen atoms in total. The van der Waals surface area contributed by atoms with Gasteiger partial charge in [-0.25, -0.2) is 4.79 Å². The summed E-state index contributed by atoms with van der Waals surface area (Å²) in [6, 6.07) is 0. The number of ketones is 1. The number of aliphatic hydroxyl groups is 1. The van der Waals surface area contributed by atoms with E-state index in [4.69, 9.17) is 9.47 Å². The quantitative estimate of drug-likeness (QED) is 0.512. The van der Waals surface area contributed by atoms with E-state index in [1.165, 1.54) is 0 Å². The lowest BCUT2D eigenvalue weighted by Gasteiger charge is -2.56. The third kappa shape index (κ3) is 1.02. The summed E-state index contributed by atoms with van der Waals surface area (Å²) in [5.74, 6) is -1.65. The SMILES string of the molecule is C[C@@H]1CC[C@]23OC(=O)CC12CC(=O)[C@@]1(O)C(=O)OC[C@]13C. The maximum absolute atomic E-state index is 12.6. The molecule has 114 valence electrons. The van der Waals surface area contributed by atoms with Gasteiger partial charge in [-0.3, -0.25) is 9.59 Å². The fourth-order valence-corrected chi connectivity index (χ4v) is 5.51. The molecule has 6 heteroatoms. The van der Waals surface area contributed by atoms with E-state index in [0.29, 0.717) is 6.42 Å². The molecule has 0 aromatic carbocycles. The van der Waals surface area contributed by atoms with Crippen molar-refractivity contribution in [3.63, 3.8) is 0 Å². The third-order valence-corrected chi connectivity index (χ3v) is 6.78. The molecule has 2 aliphatic carbocycles. The largest absolute Gasteiger partial charge is 0.462 e. The van der Waals surface area contributed by atoms with Crippen molar-refractivity contribution in [3.05, 3.63) is 0 Å². The van der Waals surface area contributed by atoms with E-state index >= 15 is 0 Å². The standard InChI is InChI=1S/C15H18O6/c1-8-3-4-14-12(2)7-20-11(18)15(12,19)9(16)5-13(8,14)6-10(17)21-14/h8,19H,3-7H2,1-2H3/t8-,12+,13?,14-,15-/m1/s1. The number of cyclic esters (lactones) is 1. The van der Waals surface area contributed by atoms with Crippen LogP contribution in [0.4, 0.5) is 0 Å². The molecule has 0 amide bonds. The van der Waals surface area contributed by atoms with Crippen LogP contribution in [0.1, 0.15) is 39.5 Å². The summed E-state index contributed by atoms with van der Waals surface area (Å²) in [6.45, 7) is 3.58. The first-order valence-corrected chi connectivity index (χ1v) is 7.38. The van der Waals surface area contributed by atoms with Crippen molar-refractivity contribution in [2.24, 2.45) is 16.7 Å². The first-order chi connectivity index (χ1) is 9.73. The smallest absolute Gasteiger partial charge is 0.346 e. The first kappa shape index (κ1) is 13.2. The fraction of sp³-hybridized carbons (Fsp3) is 0.800. The topological polar surface area (TPSA) is 89.9 Å². The highest BCUT2D eigenvalue weighted by Crippen LogP contribution is 2.72. The van der Waals surface area contributed by atoms with Gasteiger partial charge in [-0.1, -0.05) is 6.92 Å². The second-order valence-corrected chi connectivity index (χ2v) is 7.29. The van der Waals surface area contributed by atoms with Crippen LogP contribution in [0.5, 0.6) is 0 Å². The highest BCUT2D eigenvalue weighted by atomic mass is 16.6. The van der Waals surface area contributed by atoms with Crippen molar-refractivity contribution >= 4 is 17.7 Å². The fourth-order valence-electron chi connectivity index (χ4n) is 5.51. The molecule has 4 aliphatic rings. The van der Waals surface area contributed by atoms with Crippen LogP contribution in [0.25, 0.3) is 0 Å². The molecule has 2 heterocycles. The van der Waals surface area contributed by atoms with Crippen LogP contribution in [0.3, 0.4) is 0 Å². The highest BCUT2D eigenvalue weighted by molar-refractivity contribution is 6.11. The van der Waals surface area contributed by atoms with Gasteiger partial charge >= 0.3 is 11.9 Å². The minimum absolute atomic E-state index is 0.00109. The number of hydrogen-bond acceptors (Lipinski definition) is 6. The van der Waals surface area contributed by atoms with Crippen LogP contribution < -0.4 is 0 Å². The van der Waals surface area contributed by atoms with E-state index in [0.717, 1.165) is 6.42 Å². The van der Waals surface area contributed by atoms with Crippen LogP contribution in [0.15, 0.2) is 0 Å². The van der Waals surface area contributed by atoms with Crippen LogP contribution in [0.2, 0.25) is 0 Å². The number of carbonyl (C=O) groups is 3. The summed E-state index contributed by atoms with van der Waals surface area (Å²) in [7, 11) is 0.